The van der Waals surface area contributed by atoms with Crippen molar-refractivity contribution in [3.8, 4) is 5.75 Å². The standard InChI is InChI=1S/C29H27N3O4/c1-35-19-20-36-27-14-8-6-12-25(27)29(34)32-26-13-7-5-11-24(26)28(33)31-23-17-15-22(16-18-23)30-21-9-3-2-4-10-21/h2-18,30H,19-20H2,1H3,(H,31,33)(H,32,34). The van der Waals surface area contributed by atoms with Crippen LogP contribution in [0.4, 0.5) is 22.7 Å². The highest BCUT2D eigenvalue weighted by atomic mass is 16.5. The average Bonchev–Trinajstić information content (AvgIpc) is 2.91. The molecule has 0 saturated heterocycles. The lowest BCUT2D eigenvalue weighted by Gasteiger charge is -2.14. The smallest absolute Gasteiger partial charge is 0.259 e. The quantitative estimate of drug-likeness (QED) is 0.243. The van der Waals surface area contributed by atoms with Crippen molar-refractivity contribution in [2.24, 2.45) is 0 Å². The van der Waals surface area contributed by atoms with E-state index in [1.54, 1.807) is 55.6 Å². The fourth-order valence-electron chi connectivity index (χ4n) is 3.52. The number of hydrogen-bond donors (Lipinski definition) is 3. The zero-order valence-electron chi connectivity index (χ0n) is 19.9. The second-order valence-corrected chi connectivity index (χ2v) is 7.86. The van der Waals surface area contributed by atoms with Crippen LogP contribution in [0, 0.1) is 0 Å². The molecule has 0 aliphatic carbocycles. The van der Waals surface area contributed by atoms with Crippen molar-refractivity contribution < 1.29 is 19.1 Å². The Morgan fingerprint density at radius 2 is 1.19 bits per heavy atom. The first kappa shape index (κ1) is 24.5. The molecule has 7 nitrogen and oxygen atoms in total. The number of amides is 2. The molecule has 0 aliphatic rings. The van der Waals surface area contributed by atoms with Crippen LogP contribution >= 0.6 is 0 Å². The van der Waals surface area contributed by atoms with E-state index in [1.165, 1.54) is 0 Å². The van der Waals surface area contributed by atoms with Gasteiger partial charge in [-0.05, 0) is 60.7 Å². The van der Waals surface area contributed by atoms with Gasteiger partial charge in [0.05, 0.1) is 23.4 Å². The number of anilines is 4. The second-order valence-electron chi connectivity index (χ2n) is 7.86. The average molecular weight is 482 g/mol. The fourth-order valence-corrected chi connectivity index (χ4v) is 3.52. The van der Waals surface area contributed by atoms with Crippen LogP contribution in [0.25, 0.3) is 0 Å². The summed E-state index contributed by atoms with van der Waals surface area (Å²) in [5.74, 6) is -0.267. The van der Waals surface area contributed by atoms with Crippen molar-refractivity contribution in [3.05, 3.63) is 114 Å². The predicted molar refractivity (Wildman–Crippen MR) is 142 cm³/mol. The predicted octanol–water partition coefficient (Wildman–Crippen LogP) is 5.96. The third kappa shape index (κ3) is 6.49. The molecular weight excluding hydrogens is 454 g/mol. The SMILES string of the molecule is COCCOc1ccccc1C(=O)Nc1ccccc1C(=O)Nc1ccc(Nc2ccccc2)cc1. The van der Waals surface area contributed by atoms with Crippen LogP contribution in [-0.2, 0) is 4.74 Å². The summed E-state index contributed by atoms with van der Waals surface area (Å²) < 4.78 is 10.7. The molecule has 0 radical (unpaired) electrons. The monoisotopic (exact) mass is 481 g/mol. The van der Waals surface area contributed by atoms with E-state index >= 15 is 0 Å². The Morgan fingerprint density at radius 1 is 0.611 bits per heavy atom. The van der Waals surface area contributed by atoms with E-state index in [1.807, 2.05) is 54.6 Å². The van der Waals surface area contributed by atoms with Gasteiger partial charge in [0.25, 0.3) is 11.8 Å². The summed E-state index contributed by atoms with van der Waals surface area (Å²) in [6.07, 6.45) is 0. The van der Waals surface area contributed by atoms with Gasteiger partial charge < -0.3 is 25.4 Å². The van der Waals surface area contributed by atoms with E-state index in [4.69, 9.17) is 9.47 Å². The fraction of sp³-hybridized carbons (Fsp3) is 0.103. The third-order valence-corrected chi connectivity index (χ3v) is 5.30. The maximum atomic E-state index is 13.1. The van der Waals surface area contributed by atoms with Crippen molar-refractivity contribution in [3.63, 3.8) is 0 Å². The van der Waals surface area contributed by atoms with Crippen molar-refractivity contribution in [2.45, 2.75) is 0 Å². The topological polar surface area (TPSA) is 88.7 Å². The molecule has 36 heavy (non-hydrogen) atoms. The molecule has 0 aromatic heterocycles. The van der Waals surface area contributed by atoms with Gasteiger partial charge in [-0.3, -0.25) is 9.59 Å². The minimum absolute atomic E-state index is 0.319. The van der Waals surface area contributed by atoms with Crippen molar-refractivity contribution in [1.82, 2.24) is 0 Å². The molecule has 3 N–H and O–H groups in total. The lowest BCUT2D eigenvalue weighted by Crippen LogP contribution is -2.19. The first-order chi connectivity index (χ1) is 17.6. The molecular formula is C29H27N3O4. The molecule has 0 spiro atoms. The zero-order valence-corrected chi connectivity index (χ0v) is 19.9. The number of rotatable bonds is 10. The van der Waals surface area contributed by atoms with Gasteiger partial charge in [0, 0.05) is 24.2 Å². The van der Waals surface area contributed by atoms with Crippen molar-refractivity contribution >= 4 is 34.6 Å². The number of methoxy groups -OCH3 is 1. The highest BCUT2D eigenvalue weighted by molar-refractivity contribution is 6.13. The third-order valence-electron chi connectivity index (χ3n) is 5.30. The largest absolute Gasteiger partial charge is 0.490 e. The van der Waals surface area contributed by atoms with Crippen LogP contribution in [0.5, 0.6) is 5.75 Å². The van der Waals surface area contributed by atoms with Crippen LogP contribution in [0.15, 0.2) is 103 Å². The molecule has 4 aromatic rings. The van der Waals surface area contributed by atoms with E-state index in [0.29, 0.717) is 41.5 Å². The molecule has 0 saturated carbocycles. The summed E-state index contributed by atoms with van der Waals surface area (Å²) >= 11 is 0. The number of para-hydroxylation sites is 3. The molecule has 2 amide bonds. The molecule has 0 heterocycles. The molecule has 182 valence electrons. The minimum Gasteiger partial charge on any atom is -0.490 e. The summed E-state index contributed by atoms with van der Waals surface area (Å²) in [4.78, 5) is 26.1. The van der Waals surface area contributed by atoms with E-state index in [0.717, 1.165) is 11.4 Å². The Hall–Kier alpha value is -4.62. The molecule has 4 aromatic carbocycles. The Labute approximate surface area is 210 Å². The Kier molecular flexibility index (Phi) is 8.30. The summed E-state index contributed by atoms with van der Waals surface area (Å²) in [7, 11) is 1.58. The van der Waals surface area contributed by atoms with Gasteiger partial charge in [-0.15, -0.1) is 0 Å². The van der Waals surface area contributed by atoms with Crippen LogP contribution in [-0.4, -0.2) is 32.1 Å². The van der Waals surface area contributed by atoms with E-state index in [2.05, 4.69) is 16.0 Å². The van der Waals surface area contributed by atoms with E-state index < -0.39 is 0 Å². The summed E-state index contributed by atoms with van der Waals surface area (Å²) in [6, 6.07) is 31.0. The maximum Gasteiger partial charge on any atom is 0.259 e. The first-order valence-corrected chi connectivity index (χ1v) is 11.5. The van der Waals surface area contributed by atoms with E-state index in [9.17, 15) is 9.59 Å². The van der Waals surface area contributed by atoms with E-state index in [-0.39, 0.29) is 11.8 Å². The van der Waals surface area contributed by atoms with Gasteiger partial charge in [-0.25, -0.2) is 0 Å². The second kappa shape index (κ2) is 12.2. The van der Waals surface area contributed by atoms with Crippen molar-refractivity contribution in [1.29, 1.82) is 0 Å². The number of ether oxygens (including phenoxy) is 2. The van der Waals surface area contributed by atoms with Gasteiger partial charge in [0.1, 0.15) is 12.4 Å². The highest BCUT2D eigenvalue weighted by Crippen LogP contribution is 2.23. The molecule has 0 bridgehead atoms. The number of hydrogen-bond acceptors (Lipinski definition) is 5. The van der Waals surface area contributed by atoms with Crippen LogP contribution in [0.1, 0.15) is 20.7 Å². The summed E-state index contributed by atoms with van der Waals surface area (Å²) in [5, 5.41) is 9.04. The molecule has 0 aliphatic heterocycles. The van der Waals surface area contributed by atoms with Crippen molar-refractivity contribution in [2.75, 3.05) is 36.3 Å². The summed E-state index contributed by atoms with van der Waals surface area (Å²) in [6.45, 7) is 0.724. The normalized spacial score (nSPS) is 10.4. The Bertz CT molecular complexity index is 1310. The maximum absolute atomic E-state index is 13.1. The lowest BCUT2D eigenvalue weighted by atomic mass is 10.1. The van der Waals surface area contributed by atoms with Crippen LogP contribution < -0.4 is 20.7 Å². The molecule has 0 fully saturated rings. The Balaban J connectivity index is 1.44. The highest BCUT2D eigenvalue weighted by Gasteiger charge is 2.17. The summed E-state index contributed by atoms with van der Waals surface area (Å²) in [5.41, 5.74) is 3.62. The zero-order chi connectivity index (χ0) is 25.2. The van der Waals surface area contributed by atoms with Gasteiger partial charge in [0.2, 0.25) is 0 Å². The number of carbonyl (C=O) groups is 2. The lowest BCUT2D eigenvalue weighted by molar-refractivity contribution is 0.101. The van der Waals surface area contributed by atoms with Gasteiger partial charge in [-0.1, -0.05) is 42.5 Å². The molecule has 0 atom stereocenters. The first-order valence-electron chi connectivity index (χ1n) is 11.5. The number of carbonyl (C=O) groups excluding carboxylic acids is 2. The van der Waals surface area contributed by atoms with Gasteiger partial charge in [0.15, 0.2) is 0 Å². The van der Waals surface area contributed by atoms with Crippen LogP contribution in [0.3, 0.4) is 0 Å². The minimum atomic E-state index is -0.375. The Morgan fingerprint density at radius 3 is 1.94 bits per heavy atom. The van der Waals surface area contributed by atoms with Crippen LogP contribution in [0.2, 0.25) is 0 Å². The number of nitrogens with one attached hydrogen (secondary N) is 3. The molecule has 0 unspecified atom stereocenters. The number of benzene rings is 4. The van der Waals surface area contributed by atoms with Gasteiger partial charge >= 0.3 is 0 Å². The molecule has 4 rings (SSSR count). The molecule has 7 heteroatoms. The van der Waals surface area contributed by atoms with Gasteiger partial charge in [-0.2, -0.15) is 0 Å².